The molecule has 0 aliphatic carbocycles. The number of aromatic nitrogens is 6. The molecule has 0 spiro atoms. The SMILES string of the molecule is CO[Si](CCC(CCCCCCCCCc1nc(N)n[nH]1)c1nc(N)n[nH]1)(OC)OC. The van der Waals surface area contributed by atoms with E-state index in [0.717, 1.165) is 49.8 Å². The Kier molecular flexibility index (Phi) is 10.9. The Morgan fingerprint density at radius 1 is 0.774 bits per heavy atom. The molecule has 12 heteroatoms. The zero-order chi connectivity index (χ0) is 22.5. The lowest BCUT2D eigenvalue weighted by atomic mass is 9.97. The quantitative estimate of drug-likeness (QED) is 0.208. The highest BCUT2D eigenvalue weighted by Gasteiger charge is 2.38. The van der Waals surface area contributed by atoms with Crippen LogP contribution in [-0.4, -0.2) is 60.5 Å². The first kappa shape index (κ1) is 25.2. The van der Waals surface area contributed by atoms with Crippen LogP contribution in [0.3, 0.4) is 0 Å². The highest BCUT2D eigenvalue weighted by atomic mass is 28.4. The molecule has 31 heavy (non-hydrogen) atoms. The van der Waals surface area contributed by atoms with Crippen LogP contribution < -0.4 is 11.5 Å². The average Bonchev–Trinajstić information content (AvgIpc) is 3.40. The number of rotatable bonds is 17. The van der Waals surface area contributed by atoms with Crippen LogP contribution in [0.2, 0.25) is 6.04 Å². The van der Waals surface area contributed by atoms with E-state index >= 15 is 0 Å². The first-order chi connectivity index (χ1) is 15.0. The van der Waals surface area contributed by atoms with Gasteiger partial charge in [-0.25, -0.2) is 0 Å². The summed E-state index contributed by atoms with van der Waals surface area (Å²) in [5, 5.41) is 13.7. The summed E-state index contributed by atoms with van der Waals surface area (Å²) in [5.41, 5.74) is 11.2. The Bertz CT molecular complexity index is 729. The van der Waals surface area contributed by atoms with Crippen molar-refractivity contribution in [1.82, 2.24) is 30.4 Å². The standard InChI is InChI=1S/C19H38N8O3Si/c1-28-31(29-2,30-3)14-13-15(17-23-19(21)27-25-17)11-9-7-5-4-6-8-10-12-16-22-18(20)26-24-16/h15H,4-14H2,1-3H3,(H3,20,22,24,26)(H3,21,23,25,27). The summed E-state index contributed by atoms with van der Waals surface area (Å²) >= 11 is 0. The first-order valence-corrected chi connectivity index (χ1v) is 12.9. The second kappa shape index (κ2) is 13.4. The van der Waals surface area contributed by atoms with Gasteiger partial charge in [0.05, 0.1) is 0 Å². The fourth-order valence-electron chi connectivity index (χ4n) is 3.78. The number of hydrogen-bond acceptors (Lipinski definition) is 9. The van der Waals surface area contributed by atoms with Gasteiger partial charge < -0.3 is 24.7 Å². The van der Waals surface area contributed by atoms with Crippen molar-refractivity contribution in [3.8, 4) is 0 Å². The molecule has 0 amide bonds. The monoisotopic (exact) mass is 454 g/mol. The minimum absolute atomic E-state index is 0.228. The molecule has 1 atom stereocenters. The normalized spacial score (nSPS) is 13.0. The van der Waals surface area contributed by atoms with E-state index in [4.69, 9.17) is 24.7 Å². The van der Waals surface area contributed by atoms with Crippen LogP contribution in [0, 0.1) is 0 Å². The molecule has 2 heterocycles. The Hall–Kier alpha value is -2.02. The summed E-state index contributed by atoms with van der Waals surface area (Å²) in [6.07, 6.45) is 11.1. The van der Waals surface area contributed by atoms with Crippen LogP contribution >= 0.6 is 0 Å². The van der Waals surface area contributed by atoms with E-state index < -0.39 is 8.80 Å². The van der Waals surface area contributed by atoms with Gasteiger partial charge >= 0.3 is 8.80 Å². The summed E-state index contributed by atoms with van der Waals surface area (Å²) in [4.78, 5) is 8.48. The van der Waals surface area contributed by atoms with E-state index in [1.807, 2.05) is 0 Å². The summed E-state index contributed by atoms with van der Waals surface area (Å²) in [7, 11) is 2.31. The van der Waals surface area contributed by atoms with Crippen molar-refractivity contribution in [2.45, 2.75) is 76.2 Å². The average molecular weight is 455 g/mol. The van der Waals surface area contributed by atoms with Gasteiger partial charge in [0.2, 0.25) is 11.9 Å². The maximum absolute atomic E-state index is 5.72. The van der Waals surface area contributed by atoms with Crippen molar-refractivity contribution in [3.63, 3.8) is 0 Å². The Morgan fingerprint density at radius 3 is 1.90 bits per heavy atom. The number of nitrogens with zero attached hydrogens (tertiary/aromatic N) is 4. The molecule has 0 aliphatic heterocycles. The molecule has 0 saturated heterocycles. The van der Waals surface area contributed by atoms with Gasteiger partial charge in [0.25, 0.3) is 0 Å². The van der Waals surface area contributed by atoms with E-state index in [-0.39, 0.29) is 11.9 Å². The minimum Gasteiger partial charge on any atom is -0.377 e. The number of aryl methyl sites for hydroxylation is 1. The lowest BCUT2D eigenvalue weighted by Crippen LogP contribution is -2.42. The molecule has 0 saturated carbocycles. The van der Waals surface area contributed by atoms with Gasteiger partial charge in [0.1, 0.15) is 11.6 Å². The molecule has 11 nitrogen and oxygen atoms in total. The number of hydrogen-bond donors (Lipinski definition) is 4. The van der Waals surface area contributed by atoms with Crippen LogP contribution in [0.5, 0.6) is 0 Å². The second-order valence-corrected chi connectivity index (χ2v) is 10.9. The number of anilines is 2. The molecule has 1 unspecified atom stereocenters. The third kappa shape index (κ3) is 8.55. The van der Waals surface area contributed by atoms with Crippen molar-refractivity contribution in [3.05, 3.63) is 11.6 Å². The van der Waals surface area contributed by atoms with E-state index in [0.29, 0.717) is 5.95 Å². The van der Waals surface area contributed by atoms with Crippen molar-refractivity contribution in [1.29, 1.82) is 0 Å². The van der Waals surface area contributed by atoms with Crippen molar-refractivity contribution in [2.75, 3.05) is 32.8 Å². The van der Waals surface area contributed by atoms with Gasteiger partial charge in [-0.15, -0.1) is 10.2 Å². The molecule has 2 aromatic rings. The Labute approximate surface area is 185 Å². The summed E-state index contributed by atoms with van der Waals surface area (Å²) in [5.74, 6) is 2.53. The maximum Gasteiger partial charge on any atom is 0.500 e. The Balaban J connectivity index is 1.65. The fraction of sp³-hybridized carbons (Fsp3) is 0.789. The van der Waals surface area contributed by atoms with E-state index in [2.05, 4.69) is 30.4 Å². The smallest absolute Gasteiger partial charge is 0.377 e. The van der Waals surface area contributed by atoms with Gasteiger partial charge in [-0.1, -0.05) is 38.5 Å². The number of nitrogen functional groups attached to an aromatic ring is 2. The van der Waals surface area contributed by atoms with Crippen LogP contribution in [0.4, 0.5) is 11.9 Å². The van der Waals surface area contributed by atoms with Gasteiger partial charge in [0, 0.05) is 39.7 Å². The predicted octanol–water partition coefficient (Wildman–Crippen LogP) is 2.80. The van der Waals surface area contributed by atoms with Crippen molar-refractivity contribution in [2.24, 2.45) is 0 Å². The largest absolute Gasteiger partial charge is 0.500 e. The molecule has 0 bridgehead atoms. The molecular formula is C19H38N8O3Si. The van der Waals surface area contributed by atoms with Crippen LogP contribution in [0.25, 0.3) is 0 Å². The third-order valence-electron chi connectivity index (χ3n) is 5.65. The highest BCUT2D eigenvalue weighted by molar-refractivity contribution is 6.60. The molecule has 0 fully saturated rings. The molecule has 176 valence electrons. The molecule has 0 aliphatic rings. The summed E-state index contributed by atoms with van der Waals surface area (Å²) in [6.45, 7) is 0. The van der Waals surface area contributed by atoms with E-state index in [9.17, 15) is 0 Å². The maximum atomic E-state index is 5.72. The fourth-order valence-corrected chi connectivity index (χ4v) is 5.60. The predicted molar refractivity (Wildman–Crippen MR) is 121 cm³/mol. The number of nitrogens with two attached hydrogens (primary N) is 2. The van der Waals surface area contributed by atoms with Crippen LogP contribution in [0.15, 0.2) is 0 Å². The zero-order valence-corrected chi connectivity index (χ0v) is 20.0. The number of H-pyrrole nitrogens is 2. The number of nitrogens with one attached hydrogen (secondary N) is 2. The van der Waals surface area contributed by atoms with E-state index in [1.54, 1.807) is 21.3 Å². The van der Waals surface area contributed by atoms with Gasteiger partial charge in [-0.2, -0.15) is 9.97 Å². The molecule has 0 radical (unpaired) electrons. The van der Waals surface area contributed by atoms with Crippen LogP contribution in [0.1, 0.15) is 75.4 Å². The second-order valence-electron chi connectivity index (χ2n) is 7.76. The van der Waals surface area contributed by atoms with Gasteiger partial charge in [-0.05, 0) is 19.3 Å². The summed E-state index contributed by atoms with van der Waals surface area (Å²) < 4.78 is 16.7. The molecule has 2 rings (SSSR count). The number of aromatic amines is 2. The molecule has 0 aromatic carbocycles. The highest BCUT2D eigenvalue weighted by Crippen LogP contribution is 2.29. The van der Waals surface area contributed by atoms with Gasteiger partial charge in [-0.3, -0.25) is 10.2 Å². The topological polar surface area (TPSA) is 163 Å². The van der Waals surface area contributed by atoms with Crippen molar-refractivity contribution >= 4 is 20.7 Å². The lowest BCUT2D eigenvalue weighted by Gasteiger charge is -2.26. The molecule has 6 N–H and O–H groups in total. The Morgan fingerprint density at radius 2 is 1.35 bits per heavy atom. The lowest BCUT2D eigenvalue weighted by molar-refractivity contribution is 0.122. The van der Waals surface area contributed by atoms with E-state index in [1.165, 1.54) is 32.1 Å². The molecule has 2 aromatic heterocycles. The van der Waals surface area contributed by atoms with Gasteiger partial charge in [0.15, 0.2) is 0 Å². The molecular weight excluding hydrogens is 416 g/mol. The minimum atomic E-state index is -2.61. The van der Waals surface area contributed by atoms with Crippen molar-refractivity contribution < 1.29 is 13.3 Å². The number of unbranched alkanes of at least 4 members (excludes halogenated alkanes) is 6. The van der Waals surface area contributed by atoms with Crippen LogP contribution in [-0.2, 0) is 19.7 Å². The summed E-state index contributed by atoms with van der Waals surface area (Å²) in [6, 6.07) is 0.721. The third-order valence-corrected chi connectivity index (χ3v) is 8.42. The first-order valence-electron chi connectivity index (χ1n) is 11.0. The zero-order valence-electron chi connectivity index (χ0n) is 19.0.